The maximum absolute atomic E-state index is 12.8. The van der Waals surface area contributed by atoms with Crippen LogP contribution in [-0.2, 0) is 14.8 Å². The number of carbonyl (C=O) groups is 1. The number of piperidine rings is 1. The van der Waals surface area contributed by atoms with E-state index in [1.165, 1.54) is 4.90 Å². The van der Waals surface area contributed by atoms with Gasteiger partial charge in [-0.15, -0.1) is 0 Å². The average molecular weight is 375 g/mol. The highest BCUT2D eigenvalue weighted by Gasteiger charge is 2.35. The van der Waals surface area contributed by atoms with E-state index in [1.807, 2.05) is 13.8 Å². The summed E-state index contributed by atoms with van der Waals surface area (Å²) >= 11 is 5.95. The van der Waals surface area contributed by atoms with Crippen LogP contribution >= 0.6 is 11.6 Å². The Bertz CT molecular complexity index is 693. The first kappa shape index (κ1) is 19.0. The molecule has 0 bridgehead atoms. The summed E-state index contributed by atoms with van der Waals surface area (Å²) < 4.78 is 29.0. The van der Waals surface area contributed by atoms with Gasteiger partial charge in [0.2, 0.25) is 10.0 Å². The number of hydrogen-bond donors (Lipinski definition) is 1. The van der Waals surface area contributed by atoms with E-state index in [1.54, 1.807) is 24.3 Å². The number of carbonyl (C=O) groups excluding carboxylic acids is 1. The van der Waals surface area contributed by atoms with E-state index in [-0.39, 0.29) is 18.4 Å². The van der Waals surface area contributed by atoms with Crippen LogP contribution < -0.4 is 9.88 Å². The van der Waals surface area contributed by atoms with Gasteiger partial charge in [-0.2, -0.15) is 0 Å². The van der Waals surface area contributed by atoms with Crippen LogP contribution in [0, 0.1) is 5.92 Å². The molecule has 1 amide bonds. The minimum absolute atomic E-state index is 0.0775. The number of sulfonamides is 1. The van der Waals surface area contributed by atoms with Crippen molar-refractivity contribution < 1.29 is 17.9 Å². The summed E-state index contributed by atoms with van der Waals surface area (Å²) in [5.41, 5.74) is 0. The molecule has 134 valence electrons. The molecule has 2 rings (SSSR count). The van der Waals surface area contributed by atoms with Gasteiger partial charge < -0.3 is 9.64 Å². The smallest absolute Gasteiger partial charge is 0.263 e. The Morgan fingerprint density at radius 2 is 2.12 bits per heavy atom. The van der Waals surface area contributed by atoms with Crippen LogP contribution in [0.2, 0.25) is 5.02 Å². The van der Waals surface area contributed by atoms with Crippen LogP contribution in [0.4, 0.5) is 0 Å². The van der Waals surface area contributed by atoms with E-state index in [2.05, 4.69) is 0 Å². The molecule has 2 atom stereocenters. The van der Waals surface area contributed by atoms with Crippen molar-refractivity contribution in [2.24, 2.45) is 11.1 Å². The molecule has 24 heavy (non-hydrogen) atoms. The lowest BCUT2D eigenvalue weighted by molar-refractivity contribution is -0.141. The number of hydrogen-bond acceptors (Lipinski definition) is 4. The van der Waals surface area contributed by atoms with E-state index in [0.717, 1.165) is 0 Å². The van der Waals surface area contributed by atoms with Gasteiger partial charge in [0.25, 0.3) is 5.91 Å². The van der Waals surface area contributed by atoms with Crippen LogP contribution in [0.5, 0.6) is 5.75 Å². The second-order valence-electron chi connectivity index (χ2n) is 6.38. The monoisotopic (exact) mass is 374 g/mol. The van der Waals surface area contributed by atoms with Gasteiger partial charge in [-0.25, -0.2) is 13.6 Å². The first-order chi connectivity index (χ1) is 11.2. The van der Waals surface area contributed by atoms with Crippen molar-refractivity contribution in [3.05, 3.63) is 29.3 Å². The number of amides is 1. The third-order valence-corrected chi connectivity index (χ3v) is 5.61. The van der Waals surface area contributed by atoms with Crippen LogP contribution in [0.3, 0.4) is 0 Å². The first-order valence-corrected chi connectivity index (χ1v) is 9.90. The molecule has 1 fully saturated rings. The van der Waals surface area contributed by atoms with E-state index in [9.17, 15) is 13.2 Å². The highest BCUT2D eigenvalue weighted by atomic mass is 35.5. The molecule has 1 saturated heterocycles. The second kappa shape index (κ2) is 7.72. The van der Waals surface area contributed by atoms with Crippen molar-refractivity contribution in [2.45, 2.75) is 38.0 Å². The fourth-order valence-corrected chi connectivity index (χ4v) is 3.81. The van der Waals surface area contributed by atoms with Crippen molar-refractivity contribution in [3.63, 3.8) is 0 Å². The maximum atomic E-state index is 12.8. The molecule has 0 aromatic heterocycles. The number of rotatable bonds is 5. The molecular formula is C16H23ClN2O4S. The fourth-order valence-electron chi connectivity index (χ4n) is 2.75. The Balaban J connectivity index is 2.14. The van der Waals surface area contributed by atoms with Crippen molar-refractivity contribution in [1.82, 2.24) is 4.90 Å². The Hall–Kier alpha value is -1.31. The second-order valence-corrected chi connectivity index (χ2v) is 8.66. The van der Waals surface area contributed by atoms with Crippen LogP contribution in [0.1, 0.15) is 26.7 Å². The predicted molar refractivity (Wildman–Crippen MR) is 93.4 cm³/mol. The zero-order chi connectivity index (χ0) is 17.9. The lowest BCUT2D eigenvalue weighted by Crippen LogP contribution is -2.52. The Labute approximate surface area is 148 Å². The van der Waals surface area contributed by atoms with Gasteiger partial charge in [-0.1, -0.05) is 31.5 Å². The third kappa shape index (κ3) is 4.84. The molecule has 2 N–H and O–H groups in total. The molecule has 1 aliphatic rings. The van der Waals surface area contributed by atoms with Crippen molar-refractivity contribution in [1.29, 1.82) is 0 Å². The lowest BCUT2D eigenvalue weighted by atomic mass is 10.0. The first-order valence-electron chi connectivity index (χ1n) is 7.91. The number of likely N-dealkylation sites (tertiary alicyclic amines) is 1. The van der Waals surface area contributed by atoms with Gasteiger partial charge in [0.05, 0.1) is 5.25 Å². The summed E-state index contributed by atoms with van der Waals surface area (Å²) in [6.07, 6.45) is 0.376. The Morgan fingerprint density at radius 1 is 1.42 bits per heavy atom. The van der Waals surface area contributed by atoms with Crippen molar-refractivity contribution >= 4 is 27.5 Å². The van der Waals surface area contributed by atoms with E-state index in [0.29, 0.717) is 30.2 Å². The van der Waals surface area contributed by atoms with Crippen LogP contribution in [0.25, 0.3) is 0 Å². The normalized spacial score (nSPS) is 20.0. The van der Waals surface area contributed by atoms with Crippen molar-refractivity contribution in [2.75, 3.05) is 13.1 Å². The molecule has 0 spiro atoms. The third-order valence-electron chi connectivity index (χ3n) is 4.06. The molecule has 0 saturated carbocycles. The number of ether oxygens (including phenoxy) is 1. The van der Waals surface area contributed by atoms with Gasteiger partial charge in [-0.05, 0) is 37.0 Å². The summed E-state index contributed by atoms with van der Waals surface area (Å²) in [6.45, 7) is 4.38. The SMILES string of the molecule is CC(C)C(Oc1cccc(Cl)c1)C(=O)N1CCCC(S(N)(=O)=O)C1. The summed E-state index contributed by atoms with van der Waals surface area (Å²) in [6, 6.07) is 6.85. The molecular weight excluding hydrogens is 352 g/mol. The summed E-state index contributed by atoms with van der Waals surface area (Å²) in [4.78, 5) is 14.4. The van der Waals surface area contributed by atoms with Crippen molar-refractivity contribution in [3.8, 4) is 5.75 Å². The van der Waals surface area contributed by atoms with Gasteiger partial charge in [0.1, 0.15) is 5.75 Å². The van der Waals surface area contributed by atoms with E-state index < -0.39 is 21.4 Å². The summed E-state index contributed by atoms with van der Waals surface area (Å²) in [7, 11) is -3.65. The molecule has 1 heterocycles. The van der Waals surface area contributed by atoms with Crippen LogP contribution in [0.15, 0.2) is 24.3 Å². The topological polar surface area (TPSA) is 89.7 Å². The predicted octanol–water partition coefficient (Wildman–Crippen LogP) is 2.02. The minimum atomic E-state index is -3.65. The van der Waals surface area contributed by atoms with Crippen LogP contribution in [-0.4, -0.2) is 43.7 Å². The number of primary sulfonamides is 1. The quantitative estimate of drug-likeness (QED) is 0.853. The average Bonchev–Trinajstić information content (AvgIpc) is 2.51. The van der Waals surface area contributed by atoms with E-state index >= 15 is 0 Å². The lowest BCUT2D eigenvalue weighted by Gasteiger charge is -2.35. The largest absolute Gasteiger partial charge is 0.480 e. The molecule has 8 heteroatoms. The summed E-state index contributed by atoms with van der Waals surface area (Å²) in [5, 5.41) is 5.05. The highest BCUT2D eigenvalue weighted by Crippen LogP contribution is 2.23. The van der Waals surface area contributed by atoms with Gasteiger partial charge in [0.15, 0.2) is 6.10 Å². The fraction of sp³-hybridized carbons (Fsp3) is 0.562. The summed E-state index contributed by atoms with van der Waals surface area (Å²) in [5.74, 6) is 0.208. The Morgan fingerprint density at radius 3 is 2.71 bits per heavy atom. The molecule has 0 radical (unpaired) electrons. The van der Waals surface area contributed by atoms with Gasteiger partial charge in [0, 0.05) is 18.1 Å². The molecule has 0 aliphatic carbocycles. The number of halogens is 1. The minimum Gasteiger partial charge on any atom is -0.480 e. The number of nitrogens with zero attached hydrogens (tertiary/aromatic N) is 1. The molecule has 1 aliphatic heterocycles. The highest BCUT2D eigenvalue weighted by molar-refractivity contribution is 7.89. The molecule has 1 aromatic rings. The number of benzene rings is 1. The van der Waals surface area contributed by atoms with E-state index in [4.69, 9.17) is 21.5 Å². The molecule has 2 unspecified atom stereocenters. The van der Waals surface area contributed by atoms with Gasteiger partial charge >= 0.3 is 0 Å². The maximum Gasteiger partial charge on any atom is 0.263 e. The number of nitrogens with two attached hydrogens (primary N) is 1. The zero-order valence-corrected chi connectivity index (χ0v) is 15.4. The zero-order valence-electron chi connectivity index (χ0n) is 13.8. The van der Waals surface area contributed by atoms with Gasteiger partial charge in [-0.3, -0.25) is 4.79 Å². The standard InChI is InChI=1S/C16H23ClN2O4S/c1-11(2)15(23-13-6-3-5-12(17)9-13)16(20)19-8-4-7-14(10-19)24(18,21)22/h3,5-6,9,11,14-15H,4,7-8,10H2,1-2H3,(H2,18,21,22). The molecule has 6 nitrogen and oxygen atoms in total. The molecule has 1 aromatic carbocycles. The Kier molecular flexibility index (Phi) is 6.11.